The number of hydrogen-bond donors (Lipinski definition) is 1. The largest absolute Gasteiger partial charge is 0.383 e. The molecule has 1 unspecified atom stereocenters. The Bertz CT molecular complexity index is 350. The van der Waals surface area contributed by atoms with E-state index in [4.69, 9.17) is 9.47 Å². The third-order valence-electron chi connectivity index (χ3n) is 3.88. The van der Waals surface area contributed by atoms with Gasteiger partial charge in [-0.15, -0.1) is 0 Å². The summed E-state index contributed by atoms with van der Waals surface area (Å²) in [5.74, 6) is 0.114. The molecule has 0 radical (unpaired) electrons. The minimum absolute atomic E-state index is 0.00551. The van der Waals surface area contributed by atoms with E-state index >= 15 is 0 Å². The van der Waals surface area contributed by atoms with Crippen molar-refractivity contribution in [3.8, 4) is 0 Å². The molecule has 2 fully saturated rings. The number of methoxy groups -OCH3 is 1. The van der Waals surface area contributed by atoms with Gasteiger partial charge in [0.2, 0.25) is 5.91 Å². The van der Waals surface area contributed by atoms with Crippen LogP contribution in [-0.4, -0.2) is 87.3 Å². The maximum Gasteiger partial charge on any atom is 0.251 e. The molecule has 1 N–H and O–H groups in total. The van der Waals surface area contributed by atoms with Crippen molar-refractivity contribution in [1.82, 2.24) is 15.1 Å². The van der Waals surface area contributed by atoms with Gasteiger partial charge >= 0.3 is 0 Å². The molecule has 120 valence electrons. The molecule has 7 heteroatoms. The highest BCUT2D eigenvalue weighted by Gasteiger charge is 2.30. The lowest BCUT2D eigenvalue weighted by Crippen LogP contribution is -2.53. The number of amides is 2. The first-order valence-corrected chi connectivity index (χ1v) is 7.59. The van der Waals surface area contributed by atoms with Gasteiger partial charge < -0.3 is 19.7 Å². The van der Waals surface area contributed by atoms with Gasteiger partial charge in [0.1, 0.15) is 6.10 Å². The minimum Gasteiger partial charge on any atom is -0.383 e. The molecule has 0 aromatic rings. The van der Waals surface area contributed by atoms with Crippen molar-refractivity contribution in [3.63, 3.8) is 0 Å². The lowest BCUT2D eigenvalue weighted by molar-refractivity contribution is -0.142. The molecule has 0 aliphatic carbocycles. The zero-order chi connectivity index (χ0) is 15.1. The van der Waals surface area contributed by atoms with Gasteiger partial charge in [0.25, 0.3) is 5.91 Å². The third-order valence-corrected chi connectivity index (χ3v) is 3.88. The summed E-state index contributed by atoms with van der Waals surface area (Å²) >= 11 is 0. The Hall–Kier alpha value is -1.18. The molecule has 2 amide bonds. The van der Waals surface area contributed by atoms with Crippen molar-refractivity contribution in [2.24, 2.45) is 0 Å². The fraction of sp³-hybridized carbons (Fsp3) is 0.857. The summed E-state index contributed by atoms with van der Waals surface area (Å²) in [6.45, 7) is 4.94. The van der Waals surface area contributed by atoms with Gasteiger partial charge in [0.15, 0.2) is 0 Å². The van der Waals surface area contributed by atoms with Crippen LogP contribution in [-0.2, 0) is 19.1 Å². The van der Waals surface area contributed by atoms with Crippen LogP contribution in [0.1, 0.15) is 12.8 Å². The van der Waals surface area contributed by atoms with Gasteiger partial charge in [-0.2, -0.15) is 0 Å². The fourth-order valence-corrected chi connectivity index (χ4v) is 2.65. The number of piperazine rings is 1. The van der Waals surface area contributed by atoms with Gasteiger partial charge in [-0.1, -0.05) is 0 Å². The lowest BCUT2D eigenvalue weighted by Gasteiger charge is -2.35. The van der Waals surface area contributed by atoms with Crippen LogP contribution in [0.5, 0.6) is 0 Å². The maximum atomic E-state index is 12.2. The first kappa shape index (κ1) is 16.2. The average molecular weight is 299 g/mol. The molecular formula is C14H25N3O4. The van der Waals surface area contributed by atoms with Crippen LogP contribution >= 0.6 is 0 Å². The van der Waals surface area contributed by atoms with E-state index in [2.05, 4.69) is 10.2 Å². The Balaban J connectivity index is 1.65. The Morgan fingerprint density at radius 2 is 2.05 bits per heavy atom. The van der Waals surface area contributed by atoms with Crippen molar-refractivity contribution in [3.05, 3.63) is 0 Å². The SMILES string of the molecule is COCCNC(=O)CN1CCN(C(=O)C2CCCO2)CC1. The number of nitrogens with one attached hydrogen (secondary N) is 1. The van der Waals surface area contributed by atoms with Crippen molar-refractivity contribution in [2.75, 3.05) is 59.6 Å². The molecule has 2 heterocycles. The zero-order valence-electron chi connectivity index (χ0n) is 12.7. The highest BCUT2D eigenvalue weighted by molar-refractivity contribution is 5.81. The molecular weight excluding hydrogens is 274 g/mol. The summed E-state index contributed by atoms with van der Waals surface area (Å²) in [5.41, 5.74) is 0. The van der Waals surface area contributed by atoms with E-state index in [-0.39, 0.29) is 17.9 Å². The summed E-state index contributed by atoms with van der Waals surface area (Å²) in [4.78, 5) is 27.8. The molecule has 0 saturated carbocycles. The first-order valence-electron chi connectivity index (χ1n) is 7.59. The molecule has 1 atom stereocenters. The topological polar surface area (TPSA) is 71.1 Å². The van der Waals surface area contributed by atoms with Gasteiger partial charge in [-0.25, -0.2) is 0 Å². The van der Waals surface area contributed by atoms with Crippen LogP contribution in [0.4, 0.5) is 0 Å². The molecule has 0 spiro atoms. The zero-order valence-corrected chi connectivity index (χ0v) is 12.7. The average Bonchev–Trinajstić information content (AvgIpc) is 3.02. The number of ether oxygens (including phenoxy) is 2. The van der Waals surface area contributed by atoms with E-state index in [9.17, 15) is 9.59 Å². The van der Waals surface area contributed by atoms with Gasteiger partial charge in [-0.3, -0.25) is 14.5 Å². The number of rotatable bonds is 6. The monoisotopic (exact) mass is 299 g/mol. The predicted octanol–water partition coefficient (Wildman–Crippen LogP) is -0.928. The second-order valence-corrected chi connectivity index (χ2v) is 5.45. The fourth-order valence-electron chi connectivity index (χ4n) is 2.65. The molecule has 0 aromatic carbocycles. The molecule has 7 nitrogen and oxygen atoms in total. The van der Waals surface area contributed by atoms with E-state index in [0.717, 1.165) is 25.9 Å². The normalized spacial score (nSPS) is 23.3. The van der Waals surface area contributed by atoms with Crippen LogP contribution in [0.3, 0.4) is 0 Å². The molecule has 2 rings (SSSR count). The summed E-state index contributed by atoms with van der Waals surface area (Å²) in [6, 6.07) is 0. The predicted molar refractivity (Wildman–Crippen MR) is 76.9 cm³/mol. The molecule has 0 bridgehead atoms. The second-order valence-electron chi connectivity index (χ2n) is 5.45. The van der Waals surface area contributed by atoms with Crippen molar-refractivity contribution in [1.29, 1.82) is 0 Å². The van der Waals surface area contributed by atoms with E-state index < -0.39 is 0 Å². The van der Waals surface area contributed by atoms with Crippen molar-refractivity contribution < 1.29 is 19.1 Å². The van der Waals surface area contributed by atoms with Crippen LogP contribution < -0.4 is 5.32 Å². The highest BCUT2D eigenvalue weighted by Crippen LogP contribution is 2.15. The van der Waals surface area contributed by atoms with Gasteiger partial charge in [-0.05, 0) is 12.8 Å². The number of hydrogen-bond acceptors (Lipinski definition) is 5. The van der Waals surface area contributed by atoms with Crippen LogP contribution in [0.15, 0.2) is 0 Å². The quantitative estimate of drug-likeness (QED) is 0.642. The molecule has 2 aliphatic heterocycles. The second kappa shape index (κ2) is 8.31. The Morgan fingerprint density at radius 3 is 2.67 bits per heavy atom. The van der Waals surface area contributed by atoms with E-state index in [1.165, 1.54) is 0 Å². The van der Waals surface area contributed by atoms with Crippen molar-refractivity contribution >= 4 is 11.8 Å². The van der Waals surface area contributed by atoms with Crippen molar-refractivity contribution in [2.45, 2.75) is 18.9 Å². The van der Waals surface area contributed by atoms with Gasteiger partial charge in [0.05, 0.1) is 13.2 Å². The summed E-state index contributed by atoms with van der Waals surface area (Å²) in [7, 11) is 1.61. The standard InChI is InChI=1S/C14H25N3O4/c1-20-10-4-15-13(18)11-16-5-7-17(8-6-16)14(19)12-3-2-9-21-12/h12H,2-11H2,1H3,(H,15,18). The van der Waals surface area contributed by atoms with Crippen LogP contribution in [0, 0.1) is 0 Å². The van der Waals surface area contributed by atoms with E-state index in [1.807, 2.05) is 4.90 Å². The molecule has 2 saturated heterocycles. The van der Waals surface area contributed by atoms with E-state index in [0.29, 0.717) is 39.4 Å². The summed E-state index contributed by atoms with van der Waals surface area (Å²) < 4.78 is 10.3. The Morgan fingerprint density at radius 1 is 1.29 bits per heavy atom. The summed E-state index contributed by atoms with van der Waals surface area (Å²) in [6.07, 6.45) is 1.56. The Kier molecular flexibility index (Phi) is 6.41. The number of nitrogens with zero attached hydrogens (tertiary/aromatic N) is 2. The molecule has 0 aromatic heterocycles. The minimum atomic E-state index is -0.242. The maximum absolute atomic E-state index is 12.2. The Labute approximate surface area is 125 Å². The highest BCUT2D eigenvalue weighted by atomic mass is 16.5. The van der Waals surface area contributed by atoms with Crippen LogP contribution in [0.2, 0.25) is 0 Å². The van der Waals surface area contributed by atoms with Crippen LogP contribution in [0.25, 0.3) is 0 Å². The number of carbonyl (C=O) groups excluding carboxylic acids is 2. The lowest BCUT2D eigenvalue weighted by atomic mass is 10.2. The van der Waals surface area contributed by atoms with Gasteiger partial charge in [0, 0.05) is 46.4 Å². The smallest absolute Gasteiger partial charge is 0.251 e. The number of carbonyl (C=O) groups is 2. The first-order chi connectivity index (χ1) is 10.2. The third kappa shape index (κ3) is 4.94. The van der Waals surface area contributed by atoms with E-state index in [1.54, 1.807) is 7.11 Å². The summed E-state index contributed by atoms with van der Waals surface area (Å²) in [5, 5.41) is 2.80. The molecule has 21 heavy (non-hydrogen) atoms. The molecule has 2 aliphatic rings.